The fourth-order valence-electron chi connectivity index (χ4n) is 2.66. The molecule has 0 radical (unpaired) electrons. The molecule has 4 heteroatoms. The zero-order chi connectivity index (χ0) is 14.8. The summed E-state index contributed by atoms with van der Waals surface area (Å²) in [6.07, 6.45) is 2.94. The van der Waals surface area contributed by atoms with Crippen molar-refractivity contribution in [2.45, 2.75) is 33.1 Å². The molecule has 1 fully saturated rings. The molecule has 1 aliphatic rings. The highest BCUT2D eigenvalue weighted by atomic mass is 16.2. The van der Waals surface area contributed by atoms with Crippen molar-refractivity contribution in [1.29, 1.82) is 0 Å². The molecule has 0 saturated heterocycles. The number of aromatic nitrogens is 2. The van der Waals surface area contributed by atoms with Crippen LogP contribution < -0.4 is 5.32 Å². The number of amides is 1. The molecule has 3 rings (SSSR count). The predicted molar refractivity (Wildman–Crippen MR) is 82.5 cm³/mol. The fourth-order valence-corrected chi connectivity index (χ4v) is 2.66. The van der Waals surface area contributed by atoms with Gasteiger partial charge in [0.15, 0.2) is 0 Å². The minimum absolute atomic E-state index is 0.209. The van der Waals surface area contributed by atoms with Gasteiger partial charge < -0.3 is 5.32 Å². The molecule has 1 N–H and O–H groups in total. The second-order valence-corrected chi connectivity index (χ2v) is 5.71. The molecule has 1 aromatic heterocycles. The first-order chi connectivity index (χ1) is 10.2. The second-order valence-electron chi connectivity index (χ2n) is 5.71. The Kier molecular flexibility index (Phi) is 3.78. The summed E-state index contributed by atoms with van der Waals surface area (Å²) in [5, 5.41) is 7.65. The minimum atomic E-state index is 0.209. The summed E-state index contributed by atoms with van der Waals surface area (Å²) in [7, 11) is 0. The summed E-state index contributed by atoms with van der Waals surface area (Å²) >= 11 is 0. The van der Waals surface area contributed by atoms with E-state index in [9.17, 15) is 4.79 Å². The van der Waals surface area contributed by atoms with Gasteiger partial charge >= 0.3 is 0 Å². The number of benzene rings is 1. The van der Waals surface area contributed by atoms with E-state index in [-0.39, 0.29) is 11.8 Å². The second kappa shape index (κ2) is 5.72. The van der Waals surface area contributed by atoms with Crippen LogP contribution in [0.1, 0.15) is 29.8 Å². The Morgan fingerprint density at radius 3 is 2.67 bits per heavy atom. The smallest absolute Gasteiger partial charge is 0.223 e. The highest BCUT2D eigenvalue weighted by Gasteiger charge is 2.29. The molecule has 2 aromatic rings. The number of nitrogens with one attached hydrogen (secondary N) is 1. The van der Waals surface area contributed by atoms with Crippen LogP contribution in [0.15, 0.2) is 30.3 Å². The minimum Gasteiger partial charge on any atom is -0.356 e. The van der Waals surface area contributed by atoms with Crippen molar-refractivity contribution >= 4 is 5.91 Å². The van der Waals surface area contributed by atoms with Gasteiger partial charge in [-0.1, -0.05) is 18.2 Å². The number of hydrogen-bond donors (Lipinski definition) is 1. The first-order valence-corrected chi connectivity index (χ1v) is 7.55. The zero-order valence-electron chi connectivity index (χ0n) is 12.6. The van der Waals surface area contributed by atoms with E-state index >= 15 is 0 Å². The zero-order valence-corrected chi connectivity index (χ0v) is 12.6. The molecule has 0 unspecified atom stereocenters. The van der Waals surface area contributed by atoms with Gasteiger partial charge in [-0.3, -0.25) is 4.79 Å². The number of hydrogen-bond acceptors (Lipinski definition) is 2. The van der Waals surface area contributed by atoms with Crippen molar-refractivity contribution < 1.29 is 4.79 Å². The molecule has 0 atom stereocenters. The molecule has 0 spiro atoms. The van der Waals surface area contributed by atoms with Gasteiger partial charge in [0.2, 0.25) is 5.91 Å². The van der Waals surface area contributed by atoms with Crippen LogP contribution >= 0.6 is 0 Å². The van der Waals surface area contributed by atoms with E-state index in [1.807, 2.05) is 29.8 Å². The molecule has 1 aliphatic carbocycles. The van der Waals surface area contributed by atoms with Crippen molar-refractivity contribution in [3.05, 3.63) is 47.3 Å². The van der Waals surface area contributed by atoms with Crippen LogP contribution in [0.25, 0.3) is 5.69 Å². The van der Waals surface area contributed by atoms with Crippen LogP contribution in [-0.4, -0.2) is 22.2 Å². The molecule has 110 valence electrons. The molecule has 21 heavy (non-hydrogen) atoms. The van der Waals surface area contributed by atoms with Gasteiger partial charge in [-0.15, -0.1) is 0 Å². The summed E-state index contributed by atoms with van der Waals surface area (Å²) in [6.45, 7) is 4.81. The van der Waals surface area contributed by atoms with E-state index in [4.69, 9.17) is 0 Å². The van der Waals surface area contributed by atoms with E-state index in [1.165, 1.54) is 5.56 Å². The van der Waals surface area contributed by atoms with Crippen LogP contribution in [0.3, 0.4) is 0 Å². The monoisotopic (exact) mass is 283 g/mol. The Hall–Kier alpha value is -2.10. The number of carbonyl (C=O) groups excluding carboxylic acids is 1. The van der Waals surface area contributed by atoms with Crippen molar-refractivity contribution in [2.24, 2.45) is 5.92 Å². The van der Waals surface area contributed by atoms with Gasteiger partial charge in [0.1, 0.15) is 0 Å². The normalized spacial score (nSPS) is 14.2. The lowest BCUT2D eigenvalue weighted by Crippen LogP contribution is -2.27. The lowest BCUT2D eigenvalue weighted by molar-refractivity contribution is -0.122. The Morgan fingerprint density at radius 1 is 1.29 bits per heavy atom. The summed E-state index contributed by atoms with van der Waals surface area (Å²) in [6, 6.07) is 10.1. The van der Waals surface area contributed by atoms with Crippen LogP contribution in [0.4, 0.5) is 0 Å². The van der Waals surface area contributed by atoms with Crippen molar-refractivity contribution in [3.8, 4) is 5.69 Å². The third-order valence-corrected chi connectivity index (χ3v) is 4.06. The van der Waals surface area contributed by atoms with E-state index in [2.05, 4.69) is 29.5 Å². The van der Waals surface area contributed by atoms with Crippen LogP contribution in [0.2, 0.25) is 0 Å². The van der Waals surface area contributed by atoms with Crippen molar-refractivity contribution in [1.82, 2.24) is 15.1 Å². The molecular weight excluding hydrogens is 262 g/mol. The summed E-state index contributed by atoms with van der Waals surface area (Å²) in [5.74, 6) is 0.486. The van der Waals surface area contributed by atoms with E-state index in [0.29, 0.717) is 6.54 Å². The largest absolute Gasteiger partial charge is 0.356 e. The van der Waals surface area contributed by atoms with Gasteiger partial charge in [-0.25, -0.2) is 4.68 Å². The number of aryl methyl sites for hydroxylation is 1. The number of para-hydroxylation sites is 1. The van der Waals surface area contributed by atoms with Gasteiger partial charge in [0.05, 0.1) is 11.4 Å². The first-order valence-electron chi connectivity index (χ1n) is 7.55. The first kappa shape index (κ1) is 13.9. The van der Waals surface area contributed by atoms with Gasteiger partial charge in [-0.2, -0.15) is 5.10 Å². The SMILES string of the molecule is Cc1nn(-c2ccccc2)c(C)c1CCNC(=O)C1CC1. The average Bonchev–Trinajstić information content (AvgIpc) is 3.30. The Morgan fingerprint density at radius 2 is 2.00 bits per heavy atom. The number of carbonyl (C=O) groups is 1. The maximum absolute atomic E-state index is 11.7. The molecule has 4 nitrogen and oxygen atoms in total. The van der Waals surface area contributed by atoms with Gasteiger partial charge in [0, 0.05) is 18.2 Å². The lowest BCUT2D eigenvalue weighted by atomic mass is 10.1. The molecule has 1 aromatic carbocycles. The van der Waals surface area contributed by atoms with Gasteiger partial charge in [0.25, 0.3) is 0 Å². The lowest BCUT2D eigenvalue weighted by Gasteiger charge is -2.06. The third kappa shape index (κ3) is 2.99. The quantitative estimate of drug-likeness (QED) is 0.916. The Bertz CT molecular complexity index is 642. The molecule has 0 aliphatic heterocycles. The van der Waals surface area contributed by atoms with E-state index in [1.54, 1.807) is 0 Å². The van der Waals surface area contributed by atoms with Crippen LogP contribution in [0, 0.1) is 19.8 Å². The number of rotatable bonds is 5. The summed E-state index contributed by atoms with van der Waals surface area (Å²) < 4.78 is 1.98. The highest BCUT2D eigenvalue weighted by Crippen LogP contribution is 2.28. The molecule has 1 heterocycles. The van der Waals surface area contributed by atoms with Crippen LogP contribution in [0.5, 0.6) is 0 Å². The fraction of sp³-hybridized carbons (Fsp3) is 0.412. The van der Waals surface area contributed by atoms with E-state index in [0.717, 1.165) is 36.3 Å². The molecule has 0 bridgehead atoms. The highest BCUT2D eigenvalue weighted by molar-refractivity contribution is 5.80. The van der Waals surface area contributed by atoms with Crippen molar-refractivity contribution in [3.63, 3.8) is 0 Å². The average molecular weight is 283 g/mol. The van der Waals surface area contributed by atoms with Crippen molar-refractivity contribution in [2.75, 3.05) is 6.54 Å². The maximum Gasteiger partial charge on any atom is 0.223 e. The van der Waals surface area contributed by atoms with Gasteiger partial charge in [-0.05, 0) is 50.8 Å². The van der Waals surface area contributed by atoms with E-state index < -0.39 is 0 Å². The predicted octanol–water partition coefficient (Wildman–Crippen LogP) is 2.56. The summed E-state index contributed by atoms with van der Waals surface area (Å²) in [4.78, 5) is 11.7. The topological polar surface area (TPSA) is 46.9 Å². The number of nitrogens with zero attached hydrogens (tertiary/aromatic N) is 2. The maximum atomic E-state index is 11.7. The Labute approximate surface area is 125 Å². The molecular formula is C17H21N3O. The standard InChI is InChI=1S/C17H21N3O/c1-12-16(10-11-18-17(21)14-8-9-14)13(2)20(19-12)15-6-4-3-5-7-15/h3-7,14H,8-11H2,1-2H3,(H,18,21). The molecule has 1 amide bonds. The summed E-state index contributed by atoms with van der Waals surface area (Å²) in [5.41, 5.74) is 4.50. The molecule has 1 saturated carbocycles. The Balaban J connectivity index is 1.70. The third-order valence-electron chi connectivity index (χ3n) is 4.06. The van der Waals surface area contributed by atoms with Crippen LogP contribution in [-0.2, 0) is 11.2 Å².